The Labute approximate surface area is 606 Å². The summed E-state index contributed by atoms with van der Waals surface area (Å²) in [5, 5.41) is 0. The highest BCUT2D eigenvalue weighted by atomic mass is 79.9. The second-order valence-corrected chi connectivity index (χ2v) is 32.6. The van der Waals surface area contributed by atoms with Gasteiger partial charge in [-0.3, -0.25) is 18.6 Å². The van der Waals surface area contributed by atoms with E-state index in [-0.39, 0.29) is 73.5 Å². The Morgan fingerprint density at radius 2 is 0.812 bits per heavy atom. The number of allylic oxidation sites excluding steroid dienone is 4. The molecule has 0 aromatic heterocycles. The third-order valence-corrected chi connectivity index (χ3v) is 19.9. The molecule has 15 heteroatoms. The molecule has 0 heterocycles. The van der Waals surface area contributed by atoms with Gasteiger partial charge in [0.15, 0.2) is 6.10 Å². The topological polar surface area (TPSA) is 179 Å². The molecule has 0 aliphatic heterocycles. The number of phosphoric ester groups is 1. The van der Waals surface area contributed by atoms with E-state index in [0.717, 1.165) is 119 Å². The van der Waals surface area contributed by atoms with Crippen molar-refractivity contribution < 1.29 is 68.5 Å². The lowest BCUT2D eigenvalue weighted by Gasteiger charge is -2.33. The number of ether oxygens (including phenoxy) is 4. The van der Waals surface area contributed by atoms with Crippen LogP contribution < -0.4 is 28.4 Å². The van der Waals surface area contributed by atoms with E-state index in [9.17, 15) is 19.0 Å². The van der Waals surface area contributed by atoms with E-state index in [1.165, 1.54) is 199 Å². The molecule has 0 fully saturated rings. The smallest absolute Gasteiger partial charge is 0.472 e. The van der Waals surface area contributed by atoms with Crippen molar-refractivity contribution >= 4 is 19.8 Å². The number of carbonyl (C=O) groups excluding carboxylic acids is 2. The van der Waals surface area contributed by atoms with Crippen molar-refractivity contribution in [3.8, 4) is 0 Å². The zero-order valence-electron chi connectivity index (χ0n) is 65.7. The first-order valence-electron chi connectivity index (χ1n) is 40.2. The van der Waals surface area contributed by atoms with Crippen LogP contribution in [0.1, 0.15) is 346 Å². The van der Waals surface area contributed by atoms with Crippen LogP contribution in [0.3, 0.4) is 0 Å². The fourth-order valence-electron chi connectivity index (χ4n) is 12.5. The number of rotatable bonds is 69. The lowest BCUT2D eigenvalue weighted by atomic mass is 9.91. The molecule has 0 aromatic carbocycles. The second kappa shape index (κ2) is 69.5. The Morgan fingerprint density at radius 3 is 1.23 bits per heavy atom. The predicted octanol–water partition coefficient (Wildman–Crippen LogP) is 19.2. The van der Waals surface area contributed by atoms with E-state index in [0.29, 0.717) is 11.8 Å². The highest BCUT2D eigenvalue weighted by Crippen LogP contribution is 2.43. The Kier molecular flexibility index (Phi) is 71.7. The molecule has 574 valence electrons. The third kappa shape index (κ3) is 72.6. The molecule has 0 saturated heterocycles. The zero-order chi connectivity index (χ0) is 71.1. The zero-order valence-corrected chi connectivity index (χ0v) is 68.2. The summed E-state index contributed by atoms with van der Waals surface area (Å²) in [6.07, 6.45) is 58.0. The van der Waals surface area contributed by atoms with Crippen molar-refractivity contribution in [3.05, 3.63) is 24.3 Å². The van der Waals surface area contributed by atoms with Gasteiger partial charge in [0.1, 0.15) is 19.3 Å². The molecule has 96 heavy (non-hydrogen) atoms. The molecule has 0 bridgehead atoms. The fourth-order valence-corrected chi connectivity index (χ4v) is 13.2. The number of hydrogen-bond acceptors (Lipinski definition) is 11. The van der Waals surface area contributed by atoms with Crippen LogP contribution in [-0.2, 0) is 42.1 Å². The SMILES string of the molecule is CC(C)CCCC(C)CCCC(C)CCCC(C)CC(=O)OC[C@H](COP(=O)(O)OCCN)OC(=O)CC(C)CCCC(C)CCCC(C)CCCC(C)C.CCCC/C=C\CCCCCCCCOCC(C[N+](C)(C)CCCN)OCCCCCCCC/C=C\CCCC.[Br-]. The summed E-state index contributed by atoms with van der Waals surface area (Å²) in [5.41, 5.74) is 11.2. The quantitative estimate of drug-likeness (QED) is 0.0173. The minimum atomic E-state index is -4.40. The molecule has 0 amide bonds. The van der Waals surface area contributed by atoms with Crippen LogP contribution in [-0.4, -0.2) is 113 Å². The summed E-state index contributed by atoms with van der Waals surface area (Å²) in [4.78, 5) is 35.7. The van der Waals surface area contributed by atoms with Crippen molar-refractivity contribution in [1.29, 1.82) is 0 Å². The average molecular weight is 1450 g/mol. The standard InChI is InChI=1S/C45H90NO8P.C36H73N2O2.BrH/c1-35(2)17-11-19-37(5)21-13-23-39(7)25-15-27-41(9)31-44(47)51-33-43(34-53-55(49,50)52-30-29-46)54-45(48)32-42(10)28-16-26-40(8)24-14-22-38(6)20-12-18-36(3)4;1-5-7-9-11-13-15-17-19-21-23-25-27-32-39-35-36(34-38(3,4)31-29-30-37)40-33-28-26-24-22-20-18-16-14-12-10-8-6-2;/h35-43H,11-34,46H2,1-10H3,(H,49,50);11-14,36H,5-10,15-35,37H2,1-4H3;1H/q;+1;/p-1/b;13-11-,14-12-;/t37?,38?,39?,40?,41?,42?,43-;;/m1../s1. The van der Waals surface area contributed by atoms with Gasteiger partial charge in [-0.05, 0) is 105 Å². The number of likely N-dealkylation sites (N-methyl/N-ethyl adjacent to an activating group) is 1. The molecule has 0 aromatic rings. The summed E-state index contributed by atoms with van der Waals surface area (Å²) < 4.78 is 46.8. The number of phosphoric acid groups is 1. The molecule has 0 saturated carbocycles. The molecule has 5 N–H and O–H groups in total. The van der Waals surface area contributed by atoms with Crippen LogP contribution in [0, 0.1) is 47.3 Å². The van der Waals surface area contributed by atoms with E-state index in [2.05, 4.69) is 115 Å². The maximum Gasteiger partial charge on any atom is 0.472 e. The van der Waals surface area contributed by atoms with Gasteiger partial charge in [-0.1, -0.05) is 300 Å². The van der Waals surface area contributed by atoms with Crippen LogP contribution in [0.15, 0.2) is 24.3 Å². The number of nitrogens with zero attached hydrogens (tertiary/aromatic N) is 1. The number of esters is 2. The highest BCUT2D eigenvalue weighted by Gasteiger charge is 2.27. The number of carbonyl (C=O) groups is 2. The van der Waals surface area contributed by atoms with Crippen LogP contribution in [0.5, 0.6) is 0 Å². The fraction of sp³-hybridized carbons (Fsp3) is 0.926. The van der Waals surface area contributed by atoms with Crippen LogP contribution in [0.2, 0.25) is 0 Å². The monoisotopic (exact) mass is 1450 g/mol. The van der Waals surface area contributed by atoms with E-state index in [4.69, 9.17) is 39.5 Å². The molecule has 0 spiro atoms. The number of hydrogen-bond donors (Lipinski definition) is 3. The van der Waals surface area contributed by atoms with Gasteiger partial charge >= 0.3 is 19.8 Å². The first-order valence-corrected chi connectivity index (χ1v) is 41.6. The van der Waals surface area contributed by atoms with Crippen molar-refractivity contribution in [2.24, 2.45) is 58.8 Å². The van der Waals surface area contributed by atoms with Crippen molar-refractivity contribution in [2.45, 2.75) is 359 Å². The molecule has 0 aliphatic carbocycles. The normalized spacial score (nSPS) is 15.2. The van der Waals surface area contributed by atoms with Gasteiger partial charge in [0.2, 0.25) is 0 Å². The van der Waals surface area contributed by atoms with Gasteiger partial charge < -0.3 is 56.8 Å². The predicted molar refractivity (Wildman–Crippen MR) is 407 cm³/mol. The maximum atomic E-state index is 12.9. The molecule has 0 rings (SSSR count). The molecule has 9 atom stereocenters. The number of nitrogens with two attached hydrogens (primary N) is 2. The second-order valence-electron chi connectivity index (χ2n) is 31.2. The summed E-state index contributed by atoms with van der Waals surface area (Å²) in [6, 6.07) is 0. The lowest BCUT2D eigenvalue weighted by Crippen LogP contribution is -3.00. The Balaban J connectivity index is -0.00000187. The number of halogens is 1. The van der Waals surface area contributed by atoms with Gasteiger partial charge in [0.25, 0.3) is 0 Å². The van der Waals surface area contributed by atoms with Crippen LogP contribution in [0.25, 0.3) is 0 Å². The van der Waals surface area contributed by atoms with Crippen molar-refractivity contribution in [1.82, 2.24) is 0 Å². The highest BCUT2D eigenvalue weighted by molar-refractivity contribution is 7.47. The van der Waals surface area contributed by atoms with Crippen molar-refractivity contribution in [3.63, 3.8) is 0 Å². The molecule has 0 aliphatic rings. The molecular formula is C81H163BrN3O10P. The minimum absolute atomic E-state index is 0. The molecule has 0 radical (unpaired) electrons. The van der Waals surface area contributed by atoms with Gasteiger partial charge in [-0.2, -0.15) is 0 Å². The average Bonchev–Trinajstić information content (AvgIpc) is 1.25. The Morgan fingerprint density at radius 1 is 0.427 bits per heavy atom. The summed E-state index contributed by atoms with van der Waals surface area (Å²) in [7, 11) is 0.191. The van der Waals surface area contributed by atoms with Gasteiger partial charge in [-0.15, -0.1) is 0 Å². The Hall–Kier alpha value is -1.19. The van der Waals surface area contributed by atoms with Gasteiger partial charge in [0, 0.05) is 39.0 Å². The molecule has 13 nitrogen and oxygen atoms in total. The summed E-state index contributed by atoms with van der Waals surface area (Å²) >= 11 is 0. The van der Waals surface area contributed by atoms with E-state index < -0.39 is 26.5 Å². The van der Waals surface area contributed by atoms with E-state index in [1.807, 2.05) is 6.92 Å². The van der Waals surface area contributed by atoms with Crippen LogP contribution >= 0.6 is 7.82 Å². The van der Waals surface area contributed by atoms with E-state index >= 15 is 0 Å². The van der Waals surface area contributed by atoms with Crippen molar-refractivity contribution in [2.75, 3.05) is 79.9 Å². The lowest BCUT2D eigenvalue weighted by molar-refractivity contribution is -0.893. The maximum absolute atomic E-state index is 12.9. The first-order chi connectivity index (χ1) is 45.5. The Bertz CT molecular complexity index is 1790. The first kappa shape index (κ1) is 99.0. The summed E-state index contributed by atoms with van der Waals surface area (Å²) in [6.45, 7) is 31.7. The van der Waals surface area contributed by atoms with Gasteiger partial charge in [0.05, 0.1) is 40.5 Å². The van der Waals surface area contributed by atoms with Gasteiger partial charge in [-0.25, -0.2) is 4.57 Å². The molecule has 8 unspecified atom stereocenters. The number of quaternary nitrogens is 1. The largest absolute Gasteiger partial charge is 1.00 e. The number of unbranched alkanes of at least 4 members (excludes halogenated alkanes) is 16. The minimum Gasteiger partial charge on any atom is -1.00 e. The third-order valence-electron chi connectivity index (χ3n) is 18.9. The summed E-state index contributed by atoms with van der Waals surface area (Å²) in [5.74, 6) is 3.95. The van der Waals surface area contributed by atoms with E-state index in [1.54, 1.807) is 0 Å². The molecular weight excluding hydrogens is 1290 g/mol. The van der Waals surface area contributed by atoms with Crippen LogP contribution in [0.4, 0.5) is 0 Å².